The lowest BCUT2D eigenvalue weighted by molar-refractivity contribution is -0.137. The first-order valence-corrected chi connectivity index (χ1v) is 7.27. The standard InChI is InChI=1S/C15H12N4O4S/c1-22-10-4-2-9(3-5-10)14-17-18-15(24)19(14)16-7-11-6-12(20)13(21)8-23-11/h2-7H,8H2,1H3,(H,18,24)/b16-7+. The van der Waals surface area contributed by atoms with E-state index in [9.17, 15) is 9.59 Å². The Morgan fingerprint density at radius 1 is 1.38 bits per heavy atom. The third kappa shape index (κ3) is 3.15. The molecule has 0 fully saturated rings. The number of benzene rings is 1. The Balaban J connectivity index is 1.91. The van der Waals surface area contributed by atoms with Gasteiger partial charge in [-0.05, 0) is 36.5 Å². The molecule has 0 aliphatic carbocycles. The molecule has 1 aliphatic rings. The van der Waals surface area contributed by atoms with Gasteiger partial charge in [0, 0.05) is 11.6 Å². The summed E-state index contributed by atoms with van der Waals surface area (Å²) in [5, 5.41) is 11.0. The van der Waals surface area contributed by atoms with Gasteiger partial charge in [-0.2, -0.15) is 14.9 Å². The van der Waals surface area contributed by atoms with E-state index in [4.69, 9.17) is 21.7 Å². The van der Waals surface area contributed by atoms with Crippen LogP contribution in [0.1, 0.15) is 0 Å². The van der Waals surface area contributed by atoms with Crippen LogP contribution >= 0.6 is 12.2 Å². The van der Waals surface area contributed by atoms with E-state index >= 15 is 0 Å². The first-order valence-electron chi connectivity index (χ1n) is 6.86. The molecule has 0 radical (unpaired) electrons. The van der Waals surface area contributed by atoms with Gasteiger partial charge in [0.2, 0.25) is 16.3 Å². The van der Waals surface area contributed by atoms with Crippen molar-refractivity contribution in [1.29, 1.82) is 0 Å². The van der Waals surface area contributed by atoms with Crippen molar-refractivity contribution in [3.63, 3.8) is 0 Å². The number of allylic oxidation sites excluding steroid dienone is 2. The predicted octanol–water partition coefficient (Wildman–Crippen LogP) is 1.50. The van der Waals surface area contributed by atoms with Gasteiger partial charge in [0.1, 0.15) is 11.5 Å². The van der Waals surface area contributed by atoms with Crippen LogP contribution in [-0.2, 0) is 14.3 Å². The zero-order valence-corrected chi connectivity index (χ0v) is 13.4. The topological polar surface area (TPSA) is 98.6 Å². The summed E-state index contributed by atoms with van der Waals surface area (Å²) in [6, 6.07) is 7.21. The van der Waals surface area contributed by atoms with Gasteiger partial charge in [0.25, 0.3) is 0 Å². The van der Waals surface area contributed by atoms with Gasteiger partial charge in [0.05, 0.1) is 13.3 Å². The van der Waals surface area contributed by atoms with Crippen LogP contribution in [0.15, 0.2) is 41.2 Å². The third-order valence-electron chi connectivity index (χ3n) is 3.22. The van der Waals surface area contributed by atoms with Crippen LogP contribution in [0.5, 0.6) is 5.75 Å². The van der Waals surface area contributed by atoms with Crippen molar-refractivity contribution in [2.75, 3.05) is 13.7 Å². The quantitative estimate of drug-likeness (QED) is 0.513. The number of carbonyl (C=O) groups excluding carboxylic acids is 2. The zero-order valence-electron chi connectivity index (χ0n) is 12.6. The fraction of sp³-hybridized carbons (Fsp3) is 0.133. The van der Waals surface area contributed by atoms with Crippen molar-refractivity contribution < 1.29 is 19.1 Å². The number of methoxy groups -OCH3 is 1. The number of carbonyl (C=O) groups is 2. The third-order valence-corrected chi connectivity index (χ3v) is 3.48. The number of aromatic nitrogens is 3. The highest BCUT2D eigenvalue weighted by Crippen LogP contribution is 2.20. The molecule has 1 N–H and O–H groups in total. The lowest BCUT2D eigenvalue weighted by Crippen LogP contribution is -2.23. The van der Waals surface area contributed by atoms with Gasteiger partial charge in [-0.25, -0.2) is 5.10 Å². The average molecular weight is 344 g/mol. The largest absolute Gasteiger partial charge is 0.497 e. The number of nitrogens with zero attached hydrogens (tertiary/aromatic N) is 3. The molecule has 0 saturated carbocycles. The molecule has 9 heteroatoms. The van der Waals surface area contributed by atoms with Crippen LogP contribution < -0.4 is 4.74 Å². The molecular weight excluding hydrogens is 332 g/mol. The number of H-pyrrole nitrogens is 1. The molecule has 0 bridgehead atoms. The van der Waals surface area contributed by atoms with Crippen molar-refractivity contribution in [2.45, 2.75) is 0 Å². The summed E-state index contributed by atoms with van der Waals surface area (Å²) in [6.45, 7) is -0.293. The molecular formula is C15H12N4O4S. The molecule has 8 nitrogen and oxygen atoms in total. The Bertz CT molecular complexity index is 908. The van der Waals surface area contributed by atoms with Crippen molar-refractivity contribution in [3.8, 4) is 17.1 Å². The number of hydrogen-bond donors (Lipinski definition) is 1. The van der Waals surface area contributed by atoms with Gasteiger partial charge >= 0.3 is 0 Å². The van der Waals surface area contributed by atoms with Crippen molar-refractivity contribution in [1.82, 2.24) is 14.9 Å². The molecule has 1 aromatic heterocycles. The molecule has 24 heavy (non-hydrogen) atoms. The number of hydrogen-bond acceptors (Lipinski definition) is 7. The second-order valence-electron chi connectivity index (χ2n) is 4.76. The molecule has 1 aromatic carbocycles. The number of ether oxygens (including phenoxy) is 2. The number of rotatable bonds is 4. The summed E-state index contributed by atoms with van der Waals surface area (Å²) in [5.41, 5.74) is 0.769. The zero-order chi connectivity index (χ0) is 17.1. The maximum Gasteiger partial charge on any atom is 0.240 e. The molecule has 0 spiro atoms. The normalized spacial score (nSPS) is 14.6. The molecule has 0 atom stereocenters. The van der Waals surface area contributed by atoms with Crippen LogP contribution in [0.25, 0.3) is 11.4 Å². The molecule has 2 heterocycles. The van der Waals surface area contributed by atoms with E-state index in [1.165, 1.54) is 10.9 Å². The van der Waals surface area contributed by atoms with E-state index in [0.29, 0.717) is 11.6 Å². The van der Waals surface area contributed by atoms with Gasteiger partial charge in [-0.1, -0.05) is 0 Å². The van der Waals surface area contributed by atoms with Crippen molar-refractivity contribution in [2.24, 2.45) is 5.10 Å². The van der Waals surface area contributed by atoms with Gasteiger partial charge in [-0.15, -0.1) is 0 Å². The molecule has 3 rings (SSSR count). The first kappa shape index (κ1) is 15.8. The summed E-state index contributed by atoms with van der Waals surface area (Å²) in [4.78, 5) is 22.5. The summed E-state index contributed by atoms with van der Waals surface area (Å²) < 4.78 is 11.9. The Hall–Kier alpha value is -3.07. The summed E-state index contributed by atoms with van der Waals surface area (Å²) in [7, 11) is 1.58. The molecule has 0 amide bonds. The molecule has 122 valence electrons. The Morgan fingerprint density at radius 2 is 2.12 bits per heavy atom. The SMILES string of the molecule is COc1ccc(-c2n[nH]c(=S)n2/N=C/C2=CC(=O)C(=O)CO2)cc1. The predicted molar refractivity (Wildman–Crippen MR) is 87.3 cm³/mol. The number of ketones is 2. The summed E-state index contributed by atoms with van der Waals surface area (Å²) in [6.07, 6.45) is 2.40. The van der Waals surface area contributed by atoms with Crippen molar-refractivity contribution in [3.05, 3.63) is 40.9 Å². The second kappa shape index (κ2) is 6.59. The van der Waals surface area contributed by atoms with Crippen LogP contribution in [0.4, 0.5) is 0 Å². The Morgan fingerprint density at radius 3 is 2.79 bits per heavy atom. The van der Waals surface area contributed by atoms with E-state index in [-0.39, 0.29) is 17.1 Å². The number of nitrogens with one attached hydrogen (secondary N) is 1. The highest BCUT2D eigenvalue weighted by molar-refractivity contribution is 7.71. The van der Waals surface area contributed by atoms with Crippen molar-refractivity contribution >= 4 is 30.0 Å². The average Bonchev–Trinajstić information content (AvgIpc) is 2.97. The maximum atomic E-state index is 11.4. The van der Waals surface area contributed by atoms with Gasteiger partial charge in [0.15, 0.2) is 12.4 Å². The van der Waals surface area contributed by atoms with E-state index in [0.717, 1.165) is 11.6 Å². The van der Waals surface area contributed by atoms with Crippen LogP contribution in [0.3, 0.4) is 0 Å². The van der Waals surface area contributed by atoms with E-state index in [1.807, 2.05) is 12.1 Å². The first-order chi connectivity index (χ1) is 11.6. The van der Waals surface area contributed by atoms with Crippen LogP contribution in [0, 0.1) is 4.77 Å². The minimum absolute atomic E-state index is 0.184. The van der Waals surface area contributed by atoms with Crippen LogP contribution in [-0.4, -0.2) is 46.4 Å². The lowest BCUT2D eigenvalue weighted by Gasteiger charge is -2.09. The van der Waals surface area contributed by atoms with E-state index in [2.05, 4.69) is 15.3 Å². The highest BCUT2D eigenvalue weighted by atomic mass is 32.1. The minimum atomic E-state index is -0.617. The van der Waals surface area contributed by atoms with Crippen LogP contribution in [0.2, 0.25) is 0 Å². The highest BCUT2D eigenvalue weighted by Gasteiger charge is 2.19. The van der Waals surface area contributed by atoms with E-state index in [1.54, 1.807) is 19.2 Å². The Labute approximate surface area is 141 Å². The van der Waals surface area contributed by atoms with E-state index < -0.39 is 11.6 Å². The lowest BCUT2D eigenvalue weighted by atomic mass is 10.2. The monoisotopic (exact) mass is 344 g/mol. The molecule has 0 unspecified atom stereocenters. The van der Waals surface area contributed by atoms with Gasteiger partial charge < -0.3 is 9.47 Å². The minimum Gasteiger partial charge on any atom is -0.497 e. The number of aromatic amines is 1. The Kier molecular flexibility index (Phi) is 4.34. The summed E-state index contributed by atoms with van der Waals surface area (Å²) >= 11 is 5.16. The van der Waals surface area contributed by atoms with Gasteiger partial charge in [-0.3, -0.25) is 9.59 Å². The fourth-order valence-corrected chi connectivity index (χ4v) is 2.17. The second-order valence-corrected chi connectivity index (χ2v) is 5.15. The molecule has 2 aromatic rings. The number of Topliss-reactive ketones (excluding diaryl/α,β-unsaturated/α-hetero) is 1. The smallest absolute Gasteiger partial charge is 0.240 e. The fourth-order valence-electron chi connectivity index (χ4n) is 1.99. The molecule has 0 saturated heterocycles. The molecule has 1 aliphatic heterocycles. The summed E-state index contributed by atoms with van der Waals surface area (Å²) in [5.74, 6) is 0.174. The maximum absolute atomic E-state index is 11.4.